The number of likely N-dealkylation sites (tertiary alicyclic amines) is 1. The van der Waals surface area contributed by atoms with Crippen LogP contribution in [-0.4, -0.2) is 40.9 Å². The van der Waals surface area contributed by atoms with Crippen LogP contribution in [0.25, 0.3) is 0 Å². The summed E-state index contributed by atoms with van der Waals surface area (Å²) in [6.45, 7) is 4.85. The van der Waals surface area contributed by atoms with E-state index in [0.717, 1.165) is 48.9 Å². The van der Waals surface area contributed by atoms with Gasteiger partial charge in [0.1, 0.15) is 0 Å². The molecule has 0 aromatic heterocycles. The highest BCUT2D eigenvalue weighted by molar-refractivity contribution is 9.10. The molecule has 20 heavy (non-hydrogen) atoms. The van der Waals surface area contributed by atoms with Crippen molar-refractivity contribution in [2.75, 3.05) is 19.6 Å². The van der Waals surface area contributed by atoms with E-state index in [9.17, 15) is 10.2 Å². The van der Waals surface area contributed by atoms with Crippen LogP contribution in [0.2, 0.25) is 0 Å². The maximum Gasteiger partial charge on any atom is 0.0813 e. The predicted molar refractivity (Wildman–Crippen MR) is 84.6 cm³/mol. The van der Waals surface area contributed by atoms with Crippen molar-refractivity contribution >= 4 is 15.9 Å². The molecule has 0 radical (unpaired) electrons. The van der Waals surface area contributed by atoms with Crippen LogP contribution in [0.1, 0.15) is 37.9 Å². The molecule has 0 spiro atoms. The van der Waals surface area contributed by atoms with Crippen LogP contribution in [0.4, 0.5) is 0 Å². The zero-order valence-corrected chi connectivity index (χ0v) is 13.6. The summed E-state index contributed by atoms with van der Waals surface area (Å²) in [6, 6.07) is 7.85. The molecule has 2 N–H and O–H groups in total. The molecule has 1 aromatic rings. The normalized spacial score (nSPS) is 20.8. The fourth-order valence-electron chi connectivity index (χ4n) is 2.86. The van der Waals surface area contributed by atoms with E-state index in [1.54, 1.807) is 0 Å². The van der Waals surface area contributed by atoms with Crippen molar-refractivity contribution in [3.05, 3.63) is 34.3 Å². The van der Waals surface area contributed by atoms with Crippen LogP contribution >= 0.6 is 15.9 Å². The van der Waals surface area contributed by atoms with Gasteiger partial charge in [-0.05, 0) is 56.8 Å². The topological polar surface area (TPSA) is 43.7 Å². The van der Waals surface area contributed by atoms with E-state index in [0.29, 0.717) is 5.92 Å². The highest BCUT2D eigenvalue weighted by atomic mass is 79.9. The molecule has 1 aromatic carbocycles. The van der Waals surface area contributed by atoms with Crippen molar-refractivity contribution in [3.63, 3.8) is 0 Å². The molecule has 112 valence electrons. The minimum Gasteiger partial charge on any atom is -0.393 e. The van der Waals surface area contributed by atoms with E-state index < -0.39 is 6.10 Å². The molecule has 1 aliphatic rings. The lowest BCUT2D eigenvalue weighted by Gasteiger charge is -2.33. The average molecular weight is 342 g/mol. The molecule has 2 unspecified atom stereocenters. The first-order chi connectivity index (χ1) is 9.58. The Labute approximate surface area is 129 Å². The van der Waals surface area contributed by atoms with Gasteiger partial charge >= 0.3 is 0 Å². The standard InChI is InChI=1S/C16H24BrNO2/c1-12(19)13-6-9-18(10-7-13)11-8-16(20)14-4-2-3-5-15(14)17/h2-5,12-13,16,19-20H,6-11H2,1H3. The van der Waals surface area contributed by atoms with Crippen molar-refractivity contribution in [2.45, 2.75) is 38.4 Å². The van der Waals surface area contributed by atoms with E-state index in [1.807, 2.05) is 31.2 Å². The van der Waals surface area contributed by atoms with E-state index in [1.165, 1.54) is 0 Å². The third-order valence-electron chi connectivity index (χ3n) is 4.30. The lowest BCUT2D eigenvalue weighted by molar-refractivity contribution is 0.0640. The number of rotatable bonds is 5. The van der Waals surface area contributed by atoms with Gasteiger partial charge in [0.25, 0.3) is 0 Å². The highest BCUT2D eigenvalue weighted by Gasteiger charge is 2.23. The molecule has 0 saturated carbocycles. The van der Waals surface area contributed by atoms with Crippen molar-refractivity contribution in [1.82, 2.24) is 4.90 Å². The molecule has 1 aliphatic heterocycles. The molecule has 1 fully saturated rings. The van der Waals surface area contributed by atoms with Gasteiger partial charge in [0.15, 0.2) is 0 Å². The summed E-state index contributed by atoms with van der Waals surface area (Å²) in [7, 11) is 0. The van der Waals surface area contributed by atoms with Gasteiger partial charge < -0.3 is 15.1 Å². The number of piperidine rings is 1. The molecule has 2 rings (SSSR count). The number of hydrogen-bond acceptors (Lipinski definition) is 3. The summed E-state index contributed by atoms with van der Waals surface area (Å²) in [5, 5.41) is 19.9. The second-order valence-corrected chi connectivity index (χ2v) is 6.60. The van der Waals surface area contributed by atoms with E-state index >= 15 is 0 Å². The van der Waals surface area contributed by atoms with Gasteiger partial charge in [0.05, 0.1) is 12.2 Å². The fourth-order valence-corrected chi connectivity index (χ4v) is 3.41. The van der Waals surface area contributed by atoms with Crippen LogP contribution in [-0.2, 0) is 0 Å². The average Bonchev–Trinajstić information content (AvgIpc) is 2.45. The first-order valence-electron chi connectivity index (χ1n) is 7.41. The van der Waals surface area contributed by atoms with Gasteiger partial charge in [-0.3, -0.25) is 0 Å². The Kier molecular flexibility index (Phi) is 6.02. The Morgan fingerprint density at radius 3 is 2.50 bits per heavy atom. The van der Waals surface area contributed by atoms with Crippen LogP contribution in [0, 0.1) is 5.92 Å². The first kappa shape index (κ1) is 16.0. The molecule has 2 atom stereocenters. The summed E-state index contributed by atoms with van der Waals surface area (Å²) < 4.78 is 0.973. The van der Waals surface area contributed by atoms with Gasteiger partial charge in [-0.25, -0.2) is 0 Å². The van der Waals surface area contributed by atoms with Gasteiger partial charge in [0, 0.05) is 11.0 Å². The van der Waals surface area contributed by atoms with Crippen LogP contribution in [0.15, 0.2) is 28.7 Å². The quantitative estimate of drug-likeness (QED) is 0.865. The van der Waals surface area contributed by atoms with Crippen molar-refractivity contribution in [3.8, 4) is 0 Å². The molecule has 1 heterocycles. The van der Waals surface area contributed by atoms with Crippen LogP contribution < -0.4 is 0 Å². The van der Waals surface area contributed by atoms with E-state index in [2.05, 4.69) is 20.8 Å². The number of halogens is 1. The summed E-state index contributed by atoms with van der Waals surface area (Å²) >= 11 is 3.49. The molecule has 4 heteroatoms. The second kappa shape index (κ2) is 7.55. The molecule has 1 saturated heterocycles. The third kappa shape index (κ3) is 4.29. The van der Waals surface area contributed by atoms with Crippen LogP contribution in [0.5, 0.6) is 0 Å². The van der Waals surface area contributed by atoms with Gasteiger partial charge in [0.2, 0.25) is 0 Å². The lowest BCUT2D eigenvalue weighted by atomic mass is 9.92. The zero-order valence-electron chi connectivity index (χ0n) is 12.0. The molecular weight excluding hydrogens is 318 g/mol. The van der Waals surface area contributed by atoms with E-state index in [-0.39, 0.29) is 6.10 Å². The second-order valence-electron chi connectivity index (χ2n) is 5.75. The Bertz CT molecular complexity index is 417. The Morgan fingerprint density at radius 1 is 1.25 bits per heavy atom. The lowest BCUT2D eigenvalue weighted by Crippen LogP contribution is -2.37. The van der Waals surface area contributed by atoms with Crippen molar-refractivity contribution in [1.29, 1.82) is 0 Å². The number of nitrogens with zero attached hydrogens (tertiary/aromatic N) is 1. The monoisotopic (exact) mass is 341 g/mol. The van der Waals surface area contributed by atoms with Crippen molar-refractivity contribution < 1.29 is 10.2 Å². The number of aliphatic hydroxyl groups is 2. The summed E-state index contributed by atoms with van der Waals surface area (Å²) in [4.78, 5) is 2.39. The largest absolute Gasteiger partial charge is 0.393 e. The molecule has 0 amide bonds. The SMILES string of the molecule is CC(O)C1CCN(CCC(O)c2ccccc2Br)CC1. The fraction of sp³-hybridized carbons (Fsp3) is 0.625. The maximum atomic E-state index is 10.3. The molecule has 0 bridgehead atoms. The molecular formula is C16H24BrNO2. The van der Waals surface area contributed by atoms with Crippen molar-refractivity contribution in [2.24, 2.45) is 5.92 Å². The van der Waals surface area contributed by atoms with E-state index in [4.69, 9.17) is 0 Å². The van der Waals surface area contributed by atoms with Crippen LogP contribution in [0.3, 0.4) is 0 Å². The Balaban J connectivity index is 1.78. The number of hydrogen-bond donors (Lipinski definition) is 2. The summed E-state index contributed by atoms with van der Waals surface area (Å²) in [5.74, 6) is 0.444. The zero-order chi connectivity index (χ0) is 14.5. The summed E-state index contributed by atoms with van der Waals surface area (Å²) in [6.07, 6.45) is 2.26. The maximum absolute atomic E-state index is 10.3. The number of benzene rings is 1. The third-order valence-corrected chi connectivity index (χ3v) is 5.02. The predicted octanol–water partition coefficient (Wildman–Crippen LogP) is 2.97. The minimum absolute atomic E-state index is 0.192. The highest BCUT2D eigenvalue weighted by Crippen LogP contribution is 2.26. The van der Waals surface area contributed by atoms with Gasteiger partial charge in [-0.2, -0.15) is 0 Å². The summed E-state index contributed by atoms with van der Waals surface area (Å²) in [5.41, 5.74) is 0.964. The molecule has 3 nitrogen and oxygen atoms in total. The Hall–Kier alpha value is -0.420. The minimum atomic E-state index is -0.417. The van der Waals surface area contributed by atoms with Gasteiger partial charge in [-0.1, -0.05) is 34.1 Å². The first-order valence-corrected chi connectivity index (χ1v) is 8.20. The number of aliphatic hydroxyl groups excluding tert-OH is 2. The van der Waals surface area contributed by atoms with Gasteiger partial charge in [-0.15, -0.1) is 0 Å². The smallest absolute Gasteiger partial charge is 0.0813 e. The molecule has 0 aliphatic carbocycles. The Morgan fingerprint density at radius 2 is 1.90 bits per heavy atom.